The number of carbonyl (C=O) groups excluding carboxylic acids is 1. The number of nitrogens with zero attached hydrogens (tertiary/aromatic N) is 2. The van der Waals surface area contributed by atoms with Crippen LogP contribution in [0.25, 0.3) is 0 Å². The Hall–Kier alpha value is -2.37. The number of nitrogens with one attached hydrogen (secondary N) is 1. The maximum Gasteiger partial charge on any atom is 0.343 e. The number of carbonyl (C=O) groups is 1. The SMILES string of the molecule is COC(=O)c1c(C)nn2c1NCCC2c1ccc(F)cc1. The lowest BCUT2D eigenvalue weighted by atomic mass is 10.0. The molecule has 21 heavy (non-hydrogen) atoms. The van der Waals surface area contributed by atoms with Crippen molar-refractivity contribution in [3.63, 3.8) is 0 Å². The van der Waals surface area contributed by atoms with Gasteiger partial charge in [0.25, 0.3) is 0 Å². The van der Waals surface area contributed by atoms with Gasteiger partial charge in [0, 0.05) is 6.54 Å². The fourth-order valence-corrected chi connectivity index (χ4v) is 2.73. The van der Waals surface area contributed by atoms with E-state index in [1.807, 2.05) is 0 Å². The lowest BCUT2D eigenvalue weighted by molar-refractivity contribution is 0.0601. The number of rotatable bonds is 2. The molecule has 0 fully saturated rings. The van der Waals surface area contributed by atoms with Gasteiger partial charge >= 0.3 is 5.97 Å². The summed E-state index contributed by atoms with van der Waals surface area (Å²) in [5.74, 6) is 0.000680. The molecule has 0 radical (unpaired) electrons. The summed E-state index contributed by atoms with van der Waals surface area (Å²) in [6, 6.07) is 6.37. The van der Waals surface area contributed by atoms with Crippen LogP contribution in [0.2, 0.25) is 0 Å². The summed E-state index contributed by atoms with van der Waals surface area (Å²) >= 11 is 0. The monoisotopic (exact) mass is 289 g/mol. The molecule has 3 rings (SSSR count). The molecular weight excluding hydrogens is 273 g/mol. The number of halogens is 1. The van der Waals surface area contributed by atoms with Gasteiger partial charge in [-0.1, -0.05) is 12.1 Å². The molecule has 110 valence electrons. The number of esters is 1. The first-order valence-corrected chi connectivity index (χ1v) is 6.78. The molecule has 1 aliphatic heterocycles. The van der Waals surface area contributed by atoms with Crippen molar-refractivity contribution < 1.29 is 13.9 Å². The lowest BCUT2D eigenvalue weighted by Crippen LogP contribution is -2.25. The van der Waals surface area contributed by atoms with E-state index in [2.05, 4.69) is 10.4 Å². The fourth-order valence-electron chi connectivity index (χ4n) is 2.73. The number of ether oxygens (including phenoxy) is 1. The van der Waals surface area contributed by atoms with Crippen molar-refractivity contribution in [1.29, 1.82) is 0 Å². The van der Waals surface area contributed by atoms with E-state index in [1.165, 1.54) is 19.2 Å². The van der Waals surface area contributed by atoms with E-state index in [0.29, 0.717) is 17.1 Å². The highest BCUT2D eigenvalue weighted by Crippen LogP contribution is 2.33. The minimum absolute atomic E-state index is 0.0149. The van der Waals surface area contributed by atoms with E-state index in [4.69, 9.17) is 4.74 Å². The largest absolute Gasteiger partial charge is 0.465 e. The number of hydrogen-bond acceptors (Lipinski definition) is 4. The highest BCUT2D eigenvalue weighted by Gasteiger charge is 2.29. The highest BCUT2D eigenvalue weighted by atomic mass is 19.1. The van der Waals surface area contributed by atoms with Crippen LogP contribution in [0.1, 0.15) is 34.1 Å². The molecule has 5 nitrogen and oxygen atoms in total. The zero-order valence-electron chi connectivity index (χ0n) is 11.9. The van der Waals surface area contributed by atoms with Gasteiger partial charge in [0.05, 0.1) is 18.8 Å². The number of anilines is 1. The molecule has 1 aromatic heterocycles. The molecule has 0 amide bonds. The molecule has 1 aromatic carbocycles. The van der Waals surface area contributed by atoms with Crippen molar-refractivity contribution in [1.82, 2.24) is 9.78 Å². The van der Waals surface area contributed by atoms with E-state index in [0.717, 1.165) is 18.5 Å². The van der Waals surface area contributed by atoms with Crippen LogP contribution in [0.3, 0.4) is 0 Å². The summed E-state index contributed by atoms with van der Waals surface area (Å²) in [6.45, 7) is 2.50. The Bertz CT molecular complexity index is 679. The van der Waals surface area contributed by atoms with Gasteiger partial charge in [0.15, 0.2) is 0 Å². The zero-order valence-corrected chi connectivity index (χ0v) is 11.9. The molecule has 2 heterocycles. The molecule has 1 N–H and O–H groups in total. The van der Waals surface area contributed by atoms with Gasteiger partial charge in [0.2, 0.25) is 0 Å². The van der Waals surface area contributed by atoms with Crippen LogP contribution in [0, 0.1) is 12.7 Å². The predicted octanol–water partition coefficient (Wildman–Crippen LogP) is 2.52. The first-order chi connectivity index (χ1) is 10.1. The Morgan fingerprint density at radius 1 is 1.43 bits per heavy atom. The molecule has 0 saturated carbocycles. The average molecular weight is 289 g/mol. The first kappa shape index (κ1) is 13.6. The maximum atomic E-state index is 13.1. The van der Waals surface area contributed by atoms with Crippen molar-refractivity contribution in [2.45, 2.75) is 19.4 Å². The number of methoxy groups -OCH3 is 1. The number of aryl methyl sites for hydroxylation is 1. The smallest absolute Gasteiger partial charge is 0.343 e. The minimum atomic E-state index is -0.402. The van der Waals surface area contributed by atoms with Gasteiger partial charge in [-0.15, -0.1) is 0 Å². The van der Waals surface area contributed by atoms with Crippen molar-refractivity contribution in [3.05, 3.63) is 46.9 Å². The summed E-state index contributed by atoms with van der Waals surface area (Å²) in [4.78, 5) is 11.9. The second kappa shape index (κ2) is 5.20. The lowest BCUT2D eigenvalue weighted by Gasteiger charge is -2.26. The first-order valence-electron chi connectivity index (χ1n) is 6.78. The Balaban J connectivity index is 2.06. The number of aromatic nitrogens is 2. The van der Waals surface area contributed by atoms with Crippen molar-refractivity contribution in [2.75, 3.05) is 19.0 Å². The van der Waals surface area contributed by atoms with Crippen LogP contribution in [0.15, 0.2) is 24.3 Å². The number of benzene rings is 1. The fraction of sp³-hybridized carbons (Fsp3) is 0.333. The zero-order chi connectivity index (χ0) is 15.0. The van der Waals surface area contributed by atoms with Crippen LogP contribution in [0.4, 0.5) is 10.2 Å². The summed E-state index contributed by atoms with van der Waals surface area (Å²) < 4.78 is 19.7. The molecule has 6 heteroatoms. The maximum absolute atomic E-state index is 13.1. The summed E-state index contributed by atoms with van der Waals surface area (Å²) in [5, 5.41) is 7.66. The Morgan fingerprint density at radius 3 is 2.81 bits per heavy atom. The van der Waals surface area contributed by atoms with Crippen molar-refractivity contribution in [2.24, 2.45) is 0 Å². The second-order valence-corrected chi connectivity index (χ2v) is 5.03. The van der Waals surface area contributed by atoms with Crippen LogP contribution >= 0.6 is 0 Å². The Labute approximate surface area is 121 Å². The normalized spacial score (nSPS) is 17.0. The molecule has 1 aliphatic rings. The number of fused-ring (bicyclic) bond motifs is 1. The predicted molar refractivity (Wildman–Crippen MR) is 75.9 cm³/mol. The minimum Gasteiger partial charge on any atom is -0.465 e. The molecule has 2 aromatic rings. The van der Waals surface area contributed by atoms with Gasteiger partial charge in [-0.25, -0.2) is 13.9 Å². The third-order valence-corrected chi connectivity index (χ3v) is 3.74. The molecule has 1 unspecified atom stereocenters. The van der Waals surface area contributed by atoms with Crippen molar-refractivity contribution >= 4 is 11.8 Å². The van der Waals surface area contributed by atoms with E-state index >= 15 is 0 Å². The second-order valence-electron chi connectivity index (χ2n) is 5.03. The third-order valence-electron chi connectivity index (χ3n) is 3.74. The van der Waals surface area contributed by atoms with Crippen molar-refractivity contribution in [3.8, 4) is 0 Å². The van der Waals surface area contributed by atoms with E-state index in [-0.39, 0.29) is 11.9 Å². The van der Waals surface area contributed by atoms with Crippen LogP contribution < -0.4 is 5.32 Å². The molecular formula is C15H16FN3O2. The van der Waals surface area contributed by atoms with Crippen LogP contribution in [-0.4, -0.2) is 29.4 Å². The van der Waals surface area contributed by atoms with Gasteiger partial charge in [-0.2, -0.15) is 5.10 Å². The molecule has 1 atom stereocenters. The van der Waals surface area contributed by atoms with Crippen LogP contribution in [0.5, 0.6) is 0 Å². The average Bonchev–Trinajstić information content (AvgIpc) is 2.83. The Kier molecular flexibility index (Phi) is 3.37. The van der Waals surface area contributed by atoms with Gasteiger partial charge in [-0.3, -0.25) is 0 Å². The summed E-state index contributed by atoms with van der Waals surface area (Å²) in [5.41, 5.74) is 2.06. The van der Waals surface area contributed by atoms with E-state index < -0.39 is 5.97 Å². The summed E-state index contributed by atoms with van der Waals surface area (Å²) in [7, 11) is 1.35. The van der Waals surface area contributed by atoms with Crippen LogP contribution in [-0.2, 0) is 4.74 Å². The summed E-state index contributed by atoms with van der Waals surface area (Å²) in [6.07, 6.45) is 0.820. The molecule has 0 bridgehead atoms. The molecule has 0 aliphatic carbocycles. The molecule has 0 saturated heterocycles. The van der Waals surface area contributed by atoms with Gasteiger partial charge < -0.3 is 10.1 Å². The topological polar surface area (TPSA) is 56.1 Å². The quantitative estimate of drug-likeness (QED) is 0.863. The van der Waals surface area contributed by atoms with Gasteiger partial charge in [0.1, 0.15) is 17.2 Å². The van der Waals surface area contributed by atoms with E-state index in [1.54, 1.807) is 23.7 Å². The third kappa shape index (κ3) is 2.26. The highest BCUT2D eigenvalue weighted by molar-refractivity contribution is 5.96. The molecule has 0 spiro atoms. The number of hydrogen-bond donors (Lipinski definition) is 1. The standard InChI is InChI=1S/C15H16FN3O2/c1-9-13(15(20)21-2)14-17-8-7-12(19(14)18-9)10-3-5-11(16)6-4-10/h3-6,12,17H,7-8H2,1-2H3. The van der Waals surface area contributed by atoms with E-state index in [9.17, 15) is 9.18 Å². The Morgan fingerprint density at radius 2 is 2.14 bits per heavy atom. The van der Waals surface area contributed by atoms with Gasteiger partial charge in [-0.05, 0) is 31.0 Å².